The van der Waals surface area contributed by atoms with Gasteiger partial charge in [0.05, 0.1) is 28.9 Å². The summed E-state index contributed by atoms with van der Waals surface area (Å²) in [5.41, 5.74) is -0.919. The number of benzene rings is 2. The molecule has 34 heavy (non-hydrogen) atoms. The SMILES string of the molecule is C[C@H](c1ccccc1)N1C[C@@](C)(C(=O)OC(C)(C)C)[C@H](CCOS(=O)(=O)c2ccccc2)C1=O. The van der Waals surface area contributed by atoms with Crippen LogP contribution in [0.1, 0.15) is 52.6 Å². The highest BCUT2D eigenvalue weighted by molar-refractivity contribution is 7.86. The molecule has 0 N–H and O–H groups in total. The third kappa shape index (κ3) is 5.67. The number of ether oxygens (including phenoxy) is 1. The average Bonchev–Trinajstić information content (AvgIpc) is 3.05. The van der Waals surface area contributed by atoms with Gasteiger partial charge < -0.3 is 9.64 Å². The highest BCUT2D eigenvalue weighted by atomic mass is 32.2. The standard InChI is InChI=1S/C26H33NO6S/c1-19(20-12-8-6-9-13-20)27-18-26(5,24(29)33-25(2,3)4)22(23(27)28)16-17-32-34(30,31)21-14-10-7-11-15-21/h6-15,19,22H,16-18H2,1-5H3/t19-,22-,26-/m1/s1. The van der Waals surface area contributed by atoms with Crippen LogP contribution in [0, 0.1) is 11.3 Å². The molecule has 0 saturated carbocycles. The molecule has 1 aliphatic heterocycles. The Morgan fingerprint density at radius 2 is 1.65 bits per heavy atom. The minimum absolute atomic E-state index is 0.0435. The first-order valence-corrected chi connectivity index (χ1v) is 12.8. The van der Waals surface area contributed by atoms with Crippen LogP contribution in [0.4, 0.5) is 0 Å². The molecule has 1 heterocycles. The Kier molecular flexibility index (Phi) is 7.53. The number of carbonyl (C=O) groups excluding carboxylic acids is 2. The molecule has 0 aromatic heterocycles. The summed E-state index contributed by atoms with van der Waals surface area (Å²) in [4.78, 5) is 28.5. The lowest BCUT2D eigenvalue weighted by molar-refractivity contribution is -0.169. The molecular formula is C26H33NO6S. The quantitative estimate of drug-likeness (QED) is 0.406. The van der Waals surface area contributed by atoms with Crippen LogP contribution in [0.15, 0.2) is 65.6 Å². The van der Waals surface area contributed by atoms with Gasteiger partial charge in [-0.2, -0.15) is 8.42 Å². The second kappa shape index (κ2) is 9.88. The number of nitrogens with zero attached hydrogens (tertiary/aromatic N) is 1. The molecule has 2 aromatic carbocycles. The van der Waals surface area contributed by atoms with Gasteiger partial charge >= 0.3 is 5.97 Å². The first-order valence-electron chi connectivity index (χ1n) is 11.4. The lowest BCUT2D eigenvalue weighted by atomic mass is 9.78. The van der Waals surface area contributed by atoms with Crippen molar-refractivity contribution < 1.29 is 26.9 Å². The Hall–Kier alpha value is -2.71. The van der Waals surface area contributed by atoms with Crippen LogP contribution in [0.3, 0.4) is 0 Å². The fourth-order valence-corrected chi connectivity index (χ4v) is 5.17. The maximum absolute atomic E-state index is 13.5. The lowest BCUT2D eigenvalue weighted by Gasteiger charge is -2.31. The predicted molar refractivity (Wildman–Crippen MR) is 128 cm³/mol. The summed E-state index contributed by atoms with van der Waals surface area (Å²) in [6.07, 6.45) is 0.0681. The van der Waals surface area contributed by atoms with Crippen molar-refractivity contribution in [3.63, 3.8) is 0 Å². The number of hydrogen-bond acceptors (Lipinski definition) is 6. The van der Waals surface area contributed by atoms with E-state index < -0.39 is 33.0 Å². The molecule has 0 bridgehead atoms. The topological polar surface area (TPSA) is 90.0 Å². The molecule has 0 radical (unpaired) electrons. The maximum Gasteiger partial charge on any atom is 0.314 e. The summed E-state index contributed by atoms with van der Waals surface area (Å²) in [6.45, 7) is 8.92. The third-order valence-corrected chi connectivity index (χ3v) is 7.47. The largest absolute Gasteiger partial charge is 0.459 e. The number of hydrogen-bond donors (Lipinski definition) is 0. The normalized spacial score (nSPS) is 22.0. The molecule has 7 nitrogen and oxygen atoms in total. The summed E-state index contributed by atoms with van der Waals surface area (Å²) in [5.74, 6) is -1.48. The molecule has 1 amide bonds. The summed E-state index contributed by atoms with van der Waals surface area (Å²) in [5, 5.41) is 0. The van der Waals surface area contributed by atoms with Gasteiger partial charge in [-0.25, -0.2) is 0 Å². The monoisotopic (exact) mass is 487 g/mol. The van der Waals surface area contributed by atoms with E-state index in [0.717, 1.165) is 5.56 Å². The highest BCUT2D eigenvalue weighted by Gasteiger charge is 2.56. The summed E-state index contributed by atoms with van der Waals surface area (Å²) < 4.78 is 35.9. The molecular weight excluding hydrogens is 454 g/mol. The Bertz CT molecular complexity index is 1110. The van der Waals surface area contributed by atoms with Crippen molar-refractivity contribution in [3.8, 4) is 0 Å². The van der Waals surface area contributed by atoms with Gasteiger partial charge in [-0.3, -0.25) is 13.8 Å². The zero-order chi connectivity index (χ0) is 25.1. The molecule has 3 atom stereocenters. The molecule has 3 rings (SSSR count). The van der Waals surface area contributed by atoms with Gasteiger partial charge in [0, 0.05) is 6.54 Å². The Balaban J connectivity index is 1.83. The van der Waals surface area contributed by atoms with E-state index in [2.05, 4.69) is 0 Å². The zero-order valence-electron chi connectivity index (χ0n) is 20.4. The first-order chi connectivity index (χ1) is 15.8. The van der Waals surface area contributed by atoms with Crippen molar-refractivity contribution in [2.45, 2.75) is 57.6 Å². The summed E-state index contributed by atoms with van der Waals surface area (Å²) in [6, 6.07) is 17.2. The number of amides is 1. The van der Waals surface area contributed by atoms with Gasteiger partial charge in [0.1, 0.15) is 5.60 Å². The smallest absolute Gasteiger partial charge is 0.314 e. The van der Waals surface area contributed by atoms with Crippen LogP contribution < -0.4 is 0 Å². The van der Waals surface area contributed by atoms with Crippen molar-refractivity contribution in [2.24, 2.45) is 11.3 Å². The first kappa shape index (κ1) is 25.9. The number of likely N-dealkylation sites (tertiary alicyclic amines) is 1. The van der Waals surface area contributed by atoms with Crippen LogP contribution in [0.2, 0.25) is 0 Å². The Morgan fingerprint density at radius 3 is 2.21 bits per heavy atom. The van der Waals surface area contributed by atoms with E-state index in [4.69, 9.17) is 8.92 Å². The van der Waals surface area contributed by atoms with Crippen molar-refractivity contribution in [2.75, 3.05) is 13.2 Å². The molecule has 1 fully saturated rings. The van der Waals surface area contributed by atoms with Gasteiger partial charge in [-0.05, 0) is 58.7 Å². The molecule has 184 valence electrons. The summed E-state index contributed by atoms with van der Waals surface area (Å²) >= 11 is 0. The van der Waals surface area contributed by atoms with E-state index in [0.29, 0.717) is 0 Å². The number of carbonyl (C=O) groups is 2. The summed E-state index contributed by atoms with van der Waals surface area (Å²) in [7, 11) is -3.97. The van der Waals surface area contributed by atoms with E-state index in [1.54, 1.807) is 50.8 Å². The van der Waals surface area contributed by atoms with Gasteiger partial charge in [0.2, 0.25) is 5.91 Å². The fraction of sp³-hybridized carbons (Fsp3) is 0.462. The molecule has 1 aliphatic rings. The van der Waals surface area contributed by atoms with Gasteiger partial charge in [0.15, 0.2) is 0 Å². The van der Waals surface area contributed by atoms with Crippen molar-refractivity contribution in [1.29, 1.82) is 0 Å². The molecule has 1 saturated heterocycles. The van der Waals surface area contributed by atoms with Crippen LogP contribution >= 0.6 is 0 Å². The van der Waals surface area contributed by atoms with E-state index in [9.17, 15) is 18.0 Å². The van der Waals surface area contributed by atoms with Crippen LogP contribution in [0.5, 0.6) is 0 Å². The third-order valence-electron chi connectivity index (χ3n) is 6.14. The van der Waals surface area contributed by atoms with Crippen molar-refractivity contribution in [3.05, 3.63) is 66.2 Å². The van der Waals surface area contributed by atoms with E-state index in [1.807, 2.05) is 37.3 Å². The highest BCUT2D eigenvalue weighted by Crippen LogP contribution is 2.44. The number of rotatable bonds is 8. The van der Waals surface area contributed by atoms with Crippen molar-refractivity contribution >= 4 is 22.0 Å². The van der Waals surface area contributed by atoms with Gasteiger partial charge in [-0.1, -0.05) is 48.5 Å². The second-order valence-electron chi connectivity index (χ2n) is 9.90. The van der Waals surface area contributed by atoms with Crippen LogP contribution in [-0.4, -0.2) is 43.9 Å². The molecule has 0 unspecified atom stereocenters. The maximum atomic E-state index is 13.5. The minimum atomic E-state index is -3.97. The average molecular weight is 488 g/mol. The Labute approximate surface area is 202 Å². The lowest BCUT2D eigenvalue weighted by Crippen LogP contribution is -2.42. The minimum Gasteiger partial charge on any atom is -0.459 e. The zero-order valence-corrected chi connectivity index (χ0v) is 21.2. The Morgan fingerprint density at radius 1 is 1.09 bits per heavy atom. The van der Waals surface area contributed by atoms with E-state index >= 15 is 0 Å². The van der Waals surface area contributed by atoms with Gasteiger partial charge in [0.25, 0.3) is 10.1 Å². The fourth-order valence-electron chi connectivity index (χ4n) is 4.23. The van der Waals surface area contributed by atoms with Crippen LogP contribution in [0.25, 0.3) is 0 Å². The van der Waals surface area contributed by atoms with E-state index in [-0.39, 0.29) is 36.4 Å². The van der Waals surface area contributed by atoms with E-state index in [1.165, 1.54) is 12.1 Å². The van der Waals surface area contributed by atoms with Gasteiger partial charge in [-0.15, -0.1) is 0 Å². The second-order valence-corrected chi connectivity index (χ2v) is 11.5. The predicted octanol–water partition coefficient (Wildman–Crippen LogP) is 4.35. The number of esters is 1. The van der Waals surface area contributed by atoms with Crippen molar-refractivity contribution in [1.82, 2.24) is 4.90 Å². The molecule has 0 aliphatic carbocycles. The molecule has 0 spiro atoms. The molecule has 8 heteroatoms. The van der Waals surface area contributed by atoms with Crippen LogP contribution in [-0.2, 0) is 28.6 Å². The molecule has 2 aromatic rings.